The first kappa shape index (κ1) is 12.2. The Balaban J connectivity index is 2.43. The number of rotatable bonds is 5. The van der Waals surface area contributed by atoms with Gasteiger partial charge in [-0.1, -0.05) is 18.5 Å². The van der Waals surface area contributed by atoms with Gasteiger partial charge in [-0.25, -0.2) is 14.8 Å². The van der Waals surface area contributed by atoms with Crippen LogP contribution in [0.2, 0.25) is 4.47 Å². The van der Waals surface area contributed by atoms with Crippen LogP contribution in [0.5, 0.6) is 0 Å². The van der Waals surface area contributed by atoms with Crippen LogP contribution in [0.4, 0.5) is 4.79 Å². The fourth-order valence-electron chi connectivity index (χ4n) is 0.933. The molecule has 0 fully saturated rings. The summed E-state index contributed by atoms with van der Waals surface area (Å²) in [5.41, 5.74) is 5.12. The number of nitrogens with two attached hydrogens (primary N) is 1. The van der Waals surface area contributed by atoms with E-state index in [0.29, 0.717) is 11.0 Å². The Labute approximate surface area is 96.7 Å². The van der Waals surface area contributed by atoms with Crippen molar-refractivity contribution in [3.05, 3.63) is 15.5 Å². The molecule has 1 aromatic heterocycles. The van der Waals surface area contributed by atoms with Gasteiger partial charge in [0.15, 0.2) is 4.47 Å². The number of amides is 2. The summed E-state index contributed by atoms with van der Waals surface area (Å²) in [4.78, 5) is 20.8. The van der Waals surface area contributed by atoms with E-state index in [0.717, 1.165) is 16.4 Å². The van der Waals surface area contributed by atoms with Crippen LogP contribution in [0, 0.1) is 0 Å². The Morgan fingerprint density at radius 1 is 1.80 bits per heavy atom. The number of urea groups is 1. The van der Waals surface area contributed by atoms with Gasteiger partial charge >= 0.3 is 6.03 Å². The zero-order chi connectivity index (χ0) is 11.3. The predicted octanol–water partition coefficient (Wildman–Crippen LogP) is 2.02. The number of thiazole rings is 1. The van der Waals surface area contributed by atoms with Crippen molar-refractivity contribution in [3.8, 4) is 0 Å². The minimum Gasteiger partial charge on any atom is -0.350 e. The monoisotopic (exact) mass is 249 g/mol. The van der Waals surface area contributed by atoms with Crippen molar-refractivity contribution in [1.29, 1.82) is 0 Å². The summed E-state index contributed by atoms with van der Waals surface area (Å²) >= 11 is 6.96. The van der Waals surface area contributed by atoms with Crippen LogP contribution < -0.4 is 5.73 Å². The molecule has 0 saturated heterocycles. The smallest absolute Gasteiger partial charge is 0.338 e. The van der Waals surface area contributed by atoms with Gasteiger partial charge in [0.2, 0.25) is 0 Å². The summed E-state index contributed by atoms with van der Waals surface area (Å²) < 4.78 is 0.453. The van der Waals surface area contributed by atoms with Gasteiger partial charge in [-0.2, -0.15) is 0 Å². The molecule has 15 heavy (non-hydrogen) atoms. The van der Waals surface area contributed by atoms with Gasteiger partial charge in [0.1, 0.15) is 6.61 Å². The molecule has 0 aliphatic heterocycles. The van der Waals surface area contributed by atoms with Gasteiger partial charge in [-0.15, -0.1) is 11.3 Å². The molecule has 2 N–H and O–H groups in total. The first-order valence-electron chi connectivity index (χ1n) is 4.43. The molecule has 84 valence electrons. The second-order valence-corrected chi connectivity index (χ2v) is 4.49. The molecule has 0 radical (unpaired) electrons. The fourth-order valence-corrected chi connectivity index (χ4v) is 1.82. The minimum atomic E-state index is -0.590. The molecule has 0 bridgehead atoms. The van der Waals surface area contributed by atoms with Crippen molar-refractivity contribution in [2.75, 3.05) is 6.54 Å². The molecule has 0 spiro atoms. The number of carbonyl (C=O) groups excluding carboxylic acids is 1. The molecular formula is C8H12ClN3O2S. The number of hydrogen-bond acceptors (Lipinski definition) is 4. The highest BCUT2D eigenvalue weighted by molar-refractivity contribution is 7.15. The summed E-state index contributed by atoms with van der Waals surface area (Å²) in [5, 5.41) is 1.13. The number of hydrogen-bond donors (Lipinski definition) is 1. The Bertz CT molecular complexity index is 331. The van der Waals surface area contributed by atoms with Gasteiger partial charge in [-0.05, 0) is 6.42 Å². The van der Waals surface area contributed by atoms with Gasteiger partial charge in [0.05, 0.1) is 11.4 Å². The van der Waals surface area contributed by atoms with Crippen molar-refractivity contribution < 1.29 is 9.63 Å². The number of halogens is 1. The molecule has 0 aliphatic rings. The highest BCUT2D eigenvalue weighted by Crippen LogP contribution is 2.18. The molecule has 7 heteroatoms. The van der Waals surface area contributed by atoms with Crippen molar-refractivity contribution in [3.63, 3.8) is 0 Å². The maximum Gasteiger partial charge on any atom is 0.338 e. The van der Waals surface area contributed by atoms with E-state index in [9.17, 15) is 4.79 Å². The van der Waals surface area contributed by atoms with Crippen molar-refractivity contribution in [2.45, 2.75) is 20.0 Å². The summed E-state index contributed by atoms with van der Waals surface area (Å²) in [6, 6.07) is -0.590. The number of primary amides is 1. The lowest BCUT2D eigenvalue weighted by atomic mass is 10.5. The molecule has 0 unspecified atom stereocenters. The molecule has 2 amide bonds. The fraction of sp³-hybridized carbons (Fsp3) is 0.500. The number of aromatic nitrogens is 1. The maximum atomic E-state index is 10.9. The quantitative estimate of drug-likeness (QED) is 0.812. The van der Waals surface area contributed by atoms with E-state index in [-0.39, 0.29) is 6.61 Å². The summed E-state index contributed by atoms with van der Waals surface area (Å²) in [6.07, 6.45) is 2.39. The Hall–Kier alpha value is -0.850. The van der Waals surface area contributed by atoms with Gasteiger partial charge < -0.3 is 5.73 Å². The van der Waals surface area contributed by atoms with E-state index in [2.05, 4.69) is 4.98 Å². The van der Waals surface area contributed by atoms with Crippen LogP contribution in [0.1, 0.15) is 18.2 Å². The Morgan fingerprint density at radius 2 is 2.53 bits per heavy atom. The maximum absolute atomic E-state index is 10.9. The number of nitrogens with zero attached hydrogens (tertiary/aromatic N) is 2. The summed E-state index contributed by atoms with van der Waals surface area (Å²) in [5.74, 6) is 0. The highest BCUT2D eigenvalue weighted by atomic mass is 35.5. The predicted molar refractivity (Wildman–Crippen MR) is 58.5 cm³/mol. The third-order valence-electron chi connectivity index (χ3n) is 1.56. The number of carbonyl (C=O) groups is 1. The summed E-state index contributed by atoms with van der Waals surface area (Å²) in [7, 11) is 0. The first-order valence-corrected chi connectivity index (χ1v) is 5.63. The third-order valence-corrected chi connectivity index (χ3v) is 2.65. The molecular weight excluding hydrogens is 238 g/mol. The van der Waals surface area contributed by atoms with Gasteiger partial charge in [0, 0.05) is 6.20 Å². The third kappa shape index (κ3) is 4.03. The van der Waals surface area contributed by atoms with Crippen LogP contribution in [0.25, 0.3) is 0 Å². The van der Waals surface area contributed by atoms with Crippen molar-refractivity contribution in [2.24, 2.45) is 5.73 Å². The lowest BCUT2D eigenvalue weighted by Crippen LogP contribution is -2.36. The standard InChI is InChI=1S/C8H12ClN3O2S/c1-2-3-12(8(10)13)14-5-6-4-11-7(9)15-6/h4H,2-3,5H2,1H3,(H2,10,13). The molecule has 1 heterocycles. The van der Waals surface area contributed by atoms with Crippen LogP contribution in [0.15, 0.2) is 6.20 Å². The van der Waals surface area contributed by atoms with Crippen LogP contribution >= 0.6 is 22.9 Å². The zero-order valence-corrected chi connectivity index (χ0v) is 9.85. The van der Waals surface area contributed by atoms with Crippen molar-refractivity contribution in [1.82, 2.24) is 10.0 Å². The Morgan fingerprint density at radius 3 is 3.00 bits per heavy atom. The molecule has 1 aromatic rings. The molecule has 0 saturated carbocycles. The van der Waals surface area contributed by atoms with Crippen LogP contribution in [0.3, 0.4) is 0 Å². The summed E-state index contributed by atoms with van der Waals surface area (Å²) in [6.45, 7) is 2.66. The molecule has 0 atom stereocenters. The van der Waals surface area contributed by atoms with Gasteiger partial charge in [-0.3, -0.25) is 4.84 Å². The van der Waals surface area contributed by atoms with E-state index in [4.69, 9.17) is 22.2 Å². The SMILES string of the molecule is CCCN(OCc1cnc(Cl)s1)C(N)=O. The van der Waals surface area contributed by atoms with E-state index in [1.165, 1.54) is 11.3 Å². The van der Waals surface area contributed by atoms with Crippen LogP contribution in [-0.4, -0.2) is 22.6 Å². The Kier molecular flexibility index (Phi) is 4.80. The lowest BCUT2D eigenvalue weighted by Gasteiger charge is -2.17. The largest absolute Gasteiger partial charge is 0.350 e. The molecule has 0 aromatic carbocycles. The normalized spacial score (nSPS) is 10.3. The van der Waals surface area contributed by atoms with E-state index >= 15 is 0 Å². The van der Waals surface area contributed by atoms with Crippen LogP contribution in [-0.2, 0) is 11.4 Å². The second kappa shape index (κ2) is 5.89. The minimum absolute atomic E-state index is 0.257. The number of hydroxylamine groups is 2. The second-order valence-electron chi connectivity index (χ2n) is 2.79. The molecule has 1 rings (SSSR count). The van der Waals surface area contributed by atoms with E-state index in [1.54, 1.807) is 6.20 Å². The lowest BCUT2D eigenvalue weighted by molar-refractivity contribution is -0.124. The average molecular weight is 250 g/mol. The van der Waals surface area contributed by atoms with E-state index < -0.39 is 6.03 Å². The van der Waals surface area contributed by atoms with E-state index in [1.807, 2.05) is 6.92 Å². The molecule has 5 nitrogen and oxygen atoms in total. The van der Waals surface area contributed by atoms with Crippen molar-refractivity contribution >= 4 is 29.0 Å². The molecule has 0 aliphatic carbocycles. The van der Waals surface area contributed by atoms with Gasteiger partial charge in [0.25, 0.3) is 0 Å². The zero-order valence-electron chi connectivity index (χ0n) is 8.27. The first-order chi connectivity index (χ1) is 7.13. The topological polar surface area (TPSA) is 68.4 Å². The average Bonchev–Trinajstić information content (AvgIpc) is 2.58. The highest BCUT2D eigenvalue weighted by Gasteiger charge is 2.10.